The van der Waals surface area contributed by atoms with Crippen LogP contribution in [0.2, 0.25) is 0 Å². The Balaban J connectivity index is 1.56. The molecule has 2 aliphatic carbocycles. The highest BCUT2D eigenvalue weighted by molar-refractivity contribution is 5.03. The topological polar surface area (TPSA) is 55.6 Å². The largest absolute Gasteiger partial charge is 0.306 e. The molecule has 1 atom stereocenters. The van der Waals surface area contributed by atoms with Crippen LogP contribution in [0.1, 0.15) is 44.3 Å². The summed E-state index contributed by atoms with van der Waals surface area (Å²) in [6.45, 7) is 0.764. The average Bonchev–Trinajstić information content (AvgIpc) is 2.86. The molecule has 0 amide bonds. The Hall–Kier alpha value is -0.970. The average molecular weight is 221 g/mol. The zero-order valence-corrected chi connectivity index (χ0v) is 9.82. The second-order valence-corrected chi connectivity index (χ2v) is 5.24. The van der Waals surface area contributed by atoms with Gasteiger partial charge < -0.3 is 5.32 Å². The van der Waals surface area contributed by atoms with Crippen molar-refractivity contribution >= 4 is 0 Å². The molecule has 0 radical (unpaired) electrons. The summed E-state index contributed by atoms with van der Waals surface area (Å²) in [6.07, 6.45) is 8.40. The van der Waals surface area contributed by atoms with Crippen molar-refractivity contribution in [3.8, 4) is 0 Å². The predicted octanol–water partition coefficient (Wildman–Crippen LogP) is 1.02. The molecule has 1 aromatic heterocycles. The van der Waals surface area contributed by atoms with Crippen molar-refractivity contribution in [1.29, 1.82) is 0 Å². The molecule has 5 nitrogen and oxygen atoms in total. The van der Waals surface area contributed by atoms with Gasteiger partial charge in [0.1, 0.15) is 0 Å². The van der Waals surface area contributed by atoms with E-state index in [-0.39, 0.29) is 0 Å². The first-order chi connectivity index (χ1) is 7.78. The molecule has 1 N–H and O–H groups in total. The third-order valence-corrected chi connectivity index (χ3v) is 4.33. The molecule has 16 heavy (non-hydrogen) atoms. The Morgan fingerprint density at radius 2 is 2.19 bits per heavy atom. The maximum Gasteiger partial charge on any atom is 0.188 e. The lowest BCUT2D eigenvalue weighted by Crippen LogP contribution is -2.51. The van der Waals surface area contributed by atoms with Gasteiger partial charge in [0.2, 0.25) is 0 Å². The fourth-order valence-corrected chi connectivity index (χ4v) is 3.30. The molecule has 2 fully saturated rings. The van der Waals surface area contributed by atoms with E-state index in [1.165, 1.54) is 43.3 Å². The lowest BCUT2D eigenvalue weighted by atomic mass is 9.63. The van der Waals surface area contributed by atoms with Crippen LogP contribution in [0.4, 0.5) is 0 Å². The number of tetrazole rings is 1. The van der Waals surface area contributed by atoms with E-state index in [4.69, 9.17) is 0 Å². The molecule has 3 rings (SSSR count). The van der Waals surface area contributed by atoms with E-state index >= 15 is 0 Å². The number of hydrogen-bond donors (Lipinski definition) is 1. The number of hydrogen-bond acceptors (Lipinski definition) is 4. The Kier molecular flexibility index (Phi) is 2.42. The van der Waals surface area contributed by atoms with Crippen LogP contribution < -0.4 is 5.32 Å². The number of aromatic nitrogens is 4. The van der Waals surface area contributed by atoms with Crippen LogP contribution in [0.25, 0.3) is 0 Å². The van der Waals surface area contributed by atoms with Gasteiger partial charge in [0, 0.05) is 6.04 Å². The molecule has 1 unspecified atom stereocenters. The summed E-state index contributed by atoms with van der Waals surface area (Å²) in [7, 11) is 1.80. The second kappa shape index (κ2) is 3.80. The summed E-state index contributed by atoms with van der Waals surface area (Å²) in [6, 6.07) is 0.693. The molecule has 0 aliphatic heterocycles. The second-order valence-electron chi connectivity index (χ2n) is 5.24. The summed E-state index contributed by atoms with van der Waals surface area (Å²) in [5, 5.41) is 15.6. The van der Waals surface area contributed by atoms with Gasteiger partial charge in [0.25, 0.3) is 0 Å². The fourth-order valence-electron chi connectivity index (χ4n) is 3.30. The fraction of sp³-hybridized carbons (Fsp3) is 0.909. The summed E-state index contributed by atoms with van der Waals surface area (Å²) >= 11 is 0. The standard InChI is InChI=1S/C11H19N5/c1-16-14-10(13-15-16)8-12-9-4-7-11(9)5-2-3-6-11/h9,12H,2-8H2,1H3. The number of aryl methyl sites for hydroxylation is 1. The van der Waals surface area contributed by atoms with E-state index in [9.17, 15) is 0 Å². The highest BCUT2D eigenvalue weighted by Gasteiger charge is 2.47. The minimum atomic E-state index is 0.627. The molecule has 0 aromatic carbocycles. The van der Waals surface area contributed by atoms with Gasteiger partial charge in [-0.3, -0.25) is 0 Å². The summed E-state index contributed by atoms with van der Waals surface area (Å²) in [5.74, 6) is 0.808. The molecule has 5 heteroatoms. The molecule has 1 heterocycles. The molecule has 0 bridgehead atoms. The van der Waals surface area contributed by atoms with Crippen LogP contribution in [-0.2, 0) is 13.6 Å². The van der Waals surface area contributed by atoms with E-state index in [2.05, 4.69) is 20.7 Å². The quantitative estimate of drug-likeness (QED) is 0.828. The van der Waals surface area contributed by atoms with E-state index in [1.54, 1.807) is 7.05 Å². The Morgan fingerprint density at radius 3 is 2.75 bits per heavy atom. The van der Waals surface area contributed by atoms with Crippen molar-refractivity contribution < 1.29 is 0 Å². The molecule has 0 saturated heterocycles. The minimum Gasteiger partial charge on any atom is -0.306 e. The SMILES string of the molecule is Cn1nnc(CNC2CCC23CCCC3)n1. The molecular weight excluding hydrogens is 202 g/mol. The van der Waals surface area contributed by atoms with Gasteiger partial charge in [0.15, 0.2) is 5.82 Å². The zero-order chi connectivity index (χ0) is 11.0. The predicted molar refractivity (Wildman–Crippen MR) is 59.6 cm³/mol. The van der Waals surface area contributed by atoms with E-state index in [0.29, 0.717) is 11.5 Å². The third kappa shape index (κ3) is 1.63. The molecule has 1 aromatic rings. The number of rotatable bonds is 3. The van der Waals surface area contributed by atoms with Gasteiger partial charge in [-0.15, -0.1) is 10.2 Å². The Morgan fingerprint density at radius 1 is 1.38 bits per heavy atom. The Labute approximate surface area is 95.6 Å². The molecular formula is C11H19N5. The minimum absolute atomic E-state index is 0.627. The maximum absolute atomic E-state index is 4.19. The van der Waals surface area contributed by atoms with Gasteiger partial charge in [-0.25, -0.2) is 0 Å². The van der Waals surface area contributed by atoms with Gasteiger partial charge in [-0.2, -0.15) is 4.80 Å². The van der Waals surface area contributed by atoms with E-state index in [1.807, 2.05) is 0 Å². The summed E-state index contributed by atoms with van der Waals surface area (Å²) in [5.41, 5.74) is 0.627. The Bertz CT molecular complexity index is 366. The molecule has 1 spiro atoms. The van der Waals surface area contributed by atoms with Crippen LogP contribution in [0.5, 0.6) is 0 Å². The maximum atomic E-state index is 4.19. The third-order valence-electron chi connectivity index (χ3n) is 4.33. The van der Waals surface area contributed by atoms with Crippen molar-refractivity contribution in [3.05, 3.63) is 5.82 Å². The van der Waals surface area contributed by atoms with Crippen molar-refractivity contribution in [3.63, 3.8) is 0 Å². The highest BCUT2D eigenvalue weighted by atomic mass is 15.6. The monoisotopic (exact) mass is 221 g/mol. The van der Waals surface area contributed by atoms with Crippen molar-refractivity contribution in [2.24, 2.45) is 12.5 Å². The summed E-state index contributed by atoms with van der Waals surface area (Å²) < 4.78 is 0. The number of nitrogens with zero attached hydrogens (tertiary/aromatic N) is 4. The lowest BCUT2D eigenvalue weighted by molar-refractivity contribution is 0.0711. The highest BCUT2D eigenvalue weighted by Crippen LogP contribution is 2.53. The van der Waals surface area contributed by atoms with Crippen LogP contribution in [-0.4, -0.2) is 26.2 Å². The van der Waals surface area contributed by atoms with Crippen molar-refractivity contribution in [1.82, 2.24) is 25.5 Å². The van der Waals surface area contributed by atoms with E-state index in [0.717, 1.165) is 12.4 Å². The normalized spacial score (nSPS) is 27.2. The van der Waals surface area contributed by atoms with Gasteiger partial charge in [-0.05, 0) is 36.3 Å². The van der Waals surface area contributed by atoms with Crippen LogP contribution in [0, 0.1) is 5.41 Å². The van der Waals surface area contributed by atoms with Gasteiger partial charge in [0.05, 0.1) is 13.6 Å². The lowest BCUT2D eigenvalue weighted by Gasteiger charge is -2.47. The van der Waals surface area contributed by atoms with Crippen molar-refractivity contribution in [2.45, 2.75) is 51.1 Å². The first-order valence-electron chi connectivity index (χ1n) is 6.25. The first kappa shape index (κ1) is 10.2. The number of nitrogens with one attached hydrogen (secondary N) is 1. The summed E-state index contributed by atoms with van der Waals surface area (Å²) in [4.78, 5) is 1.52. The van der Waals surface area contributed by atoms with Crippen LogP contribution in [0.3, 0.4) is 0 Å². The van der Waals surface area contributed by atoms with Crippen LogP contribution >= 0.6 is 0 Å². The smallest absolute Gasteiger partial charge is 0.188 e. The van der Waals surface area contributed by atoms with Gasteiger partial charge >= 0.3 is 0 Å². The van der Waals surface area contributed by atoms with Crippen molar-refractivity contribution in [2.75, 3.05) is 0 Å². The van der Waals surface area contributed by atoms with E-state index < -0.39 is 0 Å². The molecule has 88 valence electrons. The molecule has 2 aliphatic rings. The van der Waals surface area contributed by atoms with Gasteiger partial charge in [-0.1, -0.05) is 12.8 Å². The first-order valence-corrected chi connectivity index (χ1v) is 6.25. The van der Waals surface area contributed by atoms with Crippen LogP contribution in [0.15, 0.2) is 0 Å². The zero-order valence-electron chi connectivity index (χ0n) is 9.82. The molecule has 2 saturated carbocycles.